The summed E-state index contributed by atoms with van der Waals surface area (Å²) < 4.78 is 0. The molecular formula is C16H22N4O2. The Bertz CT molecular complexity index is 540. The molecule has 2 amide bonds. The van der Waals surface area contributed by atoms with Gasteiger partial charge in [0.05, 0.1) is 5.92 Å². The summed E-state index contributed by atoms with van der Waals surface area (Å²) in [5.74, 6) is -0.0525. The van der Waals surface area contributed by atoms with E-state index in [1.807, 2.05) is 17.0 Å². The van der Waals surface area contributed by atoms with Crippen molar-refractivity contribution in [2.24, 2.45) is 11.7 Å². The van der Waals surface area contributed by atoms with Gasteiger partial charge in [-0.25, -0.2) is 0 Å². The summed E-state index contributed by atoms with van der Waals surface area (Å²) in [4.78, 5) is 32.4. The SMILES string of the molecule is NC1CCN(C(=O)C2CC(=O)N(Cc3cccnc3)C2)CC1. The van der Waals surface area contributed by atoms with Crippen LogP contribution in [0.15, 0.2) is 24.5 Å². The Hall–Kier alpha value is -1.95. The second-order valence-electron chi connectivity index (χ2n) is 6.20. The van der Waals surface area contributed by atoms with Gasteiger partial charge in [0.2, 0.25) is 11.8 Å². The standard InChI is InChI=1S/C16H22N4O2/c17-14-3-6-19(7-4-14)16(22)13-8-15(21)20(11-13)10-12-2-1-5-18-9-12/h1-2,5,9,13-14H,3-4,6-8,10-11,17H2. The fraction of sp³-hybridized carbons (Fsp3) is 0.562. The van der Waals surface area contributed by atoms with Gasteiger partial charge in [0.1, 0.15) is 0 Å². The number of nitrogens with zero attached hydrogens (tertiary/aromatic N) is 3. The fourth-order valence-corrected chi connectivity index (χ4v) is 3.18. The topological polar surface area (TPSA) is 79.5 Å². The van der Waals surface area contributed by atoms with Crippen LogP contribution in [0.3, 0.4) is 0 Å². The Labute approximate surface area is 130 Å². The molecule has 22 heavy (non-hydrogen) atoms. The second kappa shape index (κ2) is 6.44. The summed E-state index contributed by atoms with van der Waals surface area (Å²) in [5, 5.41) is 0. The minimum atomic E-state index is -0.210. The largest absolute Gasteiger partial charge is 0.342 e. The molecule has 2 N–H and O–H groups in total. The molecule has 118 valence electrons. The van der Waals surface area contributed by atoms with Crippen LogP contribution in [0.1, 0.15) is 24.8 Å². The van der Waals surface area contributed by atoms with Gasteiger partial charge in [0, 0.05) is 51.0 Å². The van der Waals surface area contributed by atoms with Crippen LogP contribution in [0.2, 0.25) is 0 Å². The predicted octanol–water partition coefficient (Wildman–Crippen LogP) is 0.380. The highest BCUT2D eigenvalue weighted by atomic mass is 16.2. The summed E-state index contributed by atoms with van der Waals surface area (Å²) in [6.45, 7) is 2.47. The van der Waals surface area contributed by atoms with E-state index in [0.717, 1.165) is 18.4 Å². The smallest absolute Gasteiger partial charge is 0.227 e. The number of aromatic nitrogens is 1. The zero-order chi connectivity index (χ0) is 15.5. The van der Waals surface area contributed by atoms with Crippen LogP contribution >= 0.6 is 0 Å². The molecule has 1 aromatic heterocycles. The van der Waals surface area contributed by atoms with E-state index in [1.165, 1.54) is 0 Å². The lowest BCUT2D eigenvalue weighted by Gasteiger charge is -2.31. The summed E-state index contributed by atoms with van der Waals surface area (Å²) in [6, 6.07) is 4.01. The summed E-state index contributed by atoms with van der Waals surface area (Å²) in [5.41, 5.74) is 6.87. The van der Waals surface area contributed by atoms with Gasteiger partial charge in [-0.1, -0.05) is 6.07 Å². The highest BCUT2D eigenvalue weighted by molar-refractivity contribution is 5.89. The van der Waals surface area contributed by atoms with E-state index >= 15 is 0 Å². The number of pyridine rings is 1. The van der Waals surface area contributed by atoms with Crippen molar-refractivity contribution in [2.45, 2.75) is 31.8 Å². The lowest BCUT2D eigenvalue weighted by molar-refractivity contribution is -0.136. The molecule has 0 aromatic carbocycles. The van der Waals surface area contributed by atoms with E-state index in [-0.39, 0.29) is 23.8 Å². The first-order chi connectivity index (χ1) is 10.6. The Morgan fingerprint density at radius 2 is 2.14 bits per heavy atom. The van der Waals surface area contributed by atoms with Crippen LogP contribution in [0.25, 0.3) is 0 Å². The van der Waals surface area contributed by atoms with Gasteiger partial charge in [-0.2, -0.15) is 0 Å². The minimum Gasteiger partial charge on any atom is -0.342 e. The first kappa shape index (κ1) is 15.0. The van der Waals surface area contributed by atoms with Gasteiger partial charge in [0.15, 0.2) is 0 Å². The monoisotopic (exact) mass is 302 g/mol. The Kier molecular flexibility index (Phi) is 4.38. The Morgan fingerprint density at radius 1 is 1.36 bits per heavy atom. The molecule has 3 rings (SSSR count). The Balaban J connectivity index is 1.58. The molecule has 1 aromatic rings. The molecule has 6 nitrogen and oxygen atoms in total. The Morgan fingerprint density at radius 3 is 2.82 bits per heavy atom. The number of hydrogen-bond donors (Lipinski definition) is 1. The van der Waals surface area contributed by atoms with Crippen molar-refractivity contribution in [3.8, 4) is 0 Å². The molecule has 0 saturated carbocycles. The molecule has 6 heteroatoms. The predicted molar refractivity (Wildman–Crippen MR) is 81.6 cm³/mol. The number of piperidine rings is 1. The van der Waals surface area contributed by atoms with Gasteiger partial charge >= 0.3 is 0 Å². The summed E-state index contributed by atoms with van der Waals surface area (Å²) in [6.07, 6.45) is 5.50. The van der Waals surface area contributed by atoms with Gasteiger partial charge in [-0.3, -0.25) is 14.6 Å². The van der Waals surface area contributed by atoms with Crippen molar-refractivity contribution in [3.05, 3.63) is 30.1 Å². The molecule has 2 aliphatic heterocycles. The average Bonchev–Trinajstić information content (AvgIpc) is 2.89. The molecule has 1 atom stereocenters. The van der Waals surface area contributed by atoms with Crippen LogP contribution in [-0.2, 0) is 16.1 Å². The maximum atomic E-state index is 12.5. The van der Waals surface area contributed by atoms with Crippen molar-refractivity contribution in [1.29, 1.82) is 0 Å². The maximum absolute atomic E-state index is 12.5. The van der Waals surface area contributed by atoms with Crippen molar-refractivity contribution in [3.63, 3.8) is 0 Å². The third-order valence-electron chi connectivity index (χ3n) is 4.51. The molecular weight excluding hydrogens is 280 g/mol. The zero-order valence-corrected chi connectivity index (χ0v) is 12.6. The number of rotatable bonds is 3. The molecule has 1 unspecified atom stereocenters. The third-order valence-corrected chi connectivity index (χ3v) is 4.51. The fourth-order valence-electron chi connectivity index (χ4n) is 3.18. The van der Waals surface area contributed by atoms with Crippen LogP contribution in [0.5, 0.6) is 0 Å². The minimum absolute atomic E-state index is 0.0518. The number of carbonyl (C=O) groups is 2. The quantitative estimate of drug-likeness (QED) is 0.875. The third kappa shape index (κ3) is 3.27. The first-order valence-corrected chi connectivity index (χ1v) is 7.84. The molecule has 0 bridgehead atoms. The van der Waals surface area contributed by atoms with Gasteiger partial charge in [-0.05, 0) is 24.5 Å². The molecule has 2 saturated heterocycles. The molecule has 0 aliphatic carbocycles. The van der Waals surface area contributed by atoms with Crippen molar-refractivity contribution in [2.75, 3.05) is 19.6 Å². The van der Waals surface area contributed by atoms with E-state index < -0.39 is 0 Å². The van der Waals surface area contributed by atoms with E-state index in [2.05, 4.69) is 4.98 Å². The summed E-state index contributed by atoms with van der Waals surface area (Å²) in [7, 11) is 0. The first-order valence-electron chi connectivity index (χ1n) is 7.84. The van der Waals surface area contributed by atoms with Gasteiger partial charge in [-0.15, -0.1) is 0 Å². The number of likely N-dealkylation sites (tertiary alicyclic amines) is 2. The van der Waals surface area contributed by atoms with E-state index in [1.54, 1.807) is 17.3 Å². The number of nitrogens with two attached hydrogens (primary N) is 1. The van der Waals surface area contributed by atoms with E-state index in [9.17, 15) is 9.59 Å². The van der Waals surface area contributed by atoms with E-state index in [0.29, 0.717) is 32.6 Å². The number of hydrogen-bond acceptors (Lipinski definition) is 4. The van der Waals surface area contributed by atoms with Crippen LogP contribution < -0.4 is 5.73 Å². The van der Waals surface area contributed by atoms with Crippen LogP contribution in [0.4, 0.5) is 0 Å². The highest BCUT2D eigenvalue weighted by Crippen LogP contribution is 2.23. The van der Waals surface area contributed by atoms with Crippen LogP contribution in [-0.4, -0.2) is 52.3 Å². The molecule has 2 fully saturated rings. The second-order valence-corrected chi connectivity index (χ2v) is 6.20. The van der Waals surface area contributed by atoms with Crippen molar-refractivity contribution in [1.82, 2.24) is 14.8 Å². The molecule has 0 spiro atoms. The molecule has 0 radical (unpaired) electrons. The van der Waals surface area contributed by atoms with Crippen molar-refractivity contribution < 1.29 is 9.59 Å². The summed E-state index contributed by atoms with van der Waals surface area (Å²) >= 11 is 0. The normalized spacial score (nSPS) is 23.1. The van der Waals surface area contributed by atoms with Crippen LogP contribution in [0, 0.1) is 5.92 Å². The lowest BCUT2D eigenvalue weighted by Crippen LogP contribution is -2.45. The van der Waals surface area contributed by atoms with Gasteiger partial charge < -0.3 is 15.5 Å². The van der Waals surface area contributed by atoms with Gasteiger partial charge in [0.25, 0.3) is 0 Å². The van der Waals surface area contributed by atoms with Crippen molar-refractivity contribution >= 4 is 11.8 Å². The number of carbonyl (C=O) groups excluding carboxylic acids is 2. The lowest BCUT2D eigenvalue weighted by atomic mass is 10.0. The average molecular weight is 302 g/mol. The number of amides is 2. The molecule has 2 aliphatic rings. The zero-order valence-electron chi connectivity index (χ0n) is 12.6. The van der Waals surface area contributed by atoms with E-state index in [4.69, 9.17) is 5.73 Å². The molecule has 3 heterocycles. The maximum Gasteiger partial charge on any atom is 0.227 e. The highest BCUT2D eigenvalue weighted by Gasteiger charge is 2.37.